The van der Waals surface area contributed by atoms with Crippen LogP contribution in [0.3, 0.4) is 0 Å². The third kappa shape index (κ3) is 6.59. The SMILES string of the molecule is CCCCCCC(C)OC(=S)Nc1cc(Cl)nnc1-c1ccccc1. The third-order valence-electron chi connectivity index (χ3n) is 3.82. The molecule has 2 rings (SSSR count). The minimum absolute atomic E-state index is 0.0716. The second-order valence-corrected chi connectivity index (χ2v) is 6.74. The van der Waals surface area contributed by atoms with Crippen LogP contribution in [0.15, 0.2) is 36.4 Å². The van der Waals surface area contributed by atoms with Gasteiger partial charge in [0.1, 0.15) is 5.69 Å². The van der Waals surface area contributed by atoms with Crippen molar-refractivity contribution in [2.45, 2.75) is 52.1 Å². The first kappa shape index (κ1) is 19.6. The molecule has 0 spiro atoms. The Labute approximate surface area is 160 Å². The molecular formula is C19H24ClN3OS. The molecule has 134 valence electrons. The van der Waals surface area contributed by atoms with Gasteiger partial charge in [0.25, 0.3) is 5.17 Å². The van der Waals surface area contributed by atoms with Gasteiger partial charge in [0.15, 0.2) is 5.15 Å². The van der Waals surface area contributed by atoms with Crippen LogP contribution in [0.1, 0.15) is 46.0 Å². The second kappa shape index (κ2) is 10.3. The third-order valence-corrected chi connectivity index (χ3v) is 4.20. The lowest BCUT2D eigenvalue weighted by Gasteiger charge is -2.17. The zero-order chi connectivity index (χ0) is 18.1. The van der Waals surface area contributed by atoms with E-state index in [0.717, 1.165) is 18.4 Å². The number of benzene rings is 1. The average molecular weight is 378 g/mol. The topological polar surface area (TPSA) is 47.0 Å². The summed E-state index contributed by atoms with van der Waals surface area (Å²) in [5.41, 5.74) is 2.31. The van der Waals surface area contributed by atoms with Crippen LogP contribution in [-0.4, -0.2) is 21.5 Å². The van der Waals surface area contributed by atoms with Gasteiger partial charge in [-0.15, -0.1) is 10.2 Å². The van der Waals surface area contributed by atoms with Crippen molar-refractivity contribution in [2.75, 3.05) is 5.32 Å². The van der Waals surface area contributed by atoms with E-state index >= 15 is 0 Å². The molecule has 1 aromatic carbocycles. The number of unbranched alkanes of at least 4 members (excludes halogenated alkanes) is 3. The highest BCUT2D eigenvalue weighted by atomic mass is 35.5. The summed E-state index contributed by atoms with van der Waals surface area (Å²) in [6.07, 6.45) is 5.93. The van der Waals surface area contributed by atoms with Gasteiger partial charge in [-0.3, -0.25) is 0 Å². The van der Waals surface area contributed by atoms with E-state index in [0.29, 0.717) is 21.7 Å². The molecule has 0 amide bonds. The zero-order valence-corrected chi connectivity index (χ0v) is 16.2. The Bertz CT molecular complexity index is 682. The number of hydrogen-bond acceptors (Lipinski definition) is 4. The molecule has 0 aliphatic rings. The minimum Gasteiger partial charge on any atom is -0.468 e. The van der Waals surface area contributed by atoms with Gasteiger partial charge in [-0.05, 0) is 32.0 Å². The van der Waals surface area contributed by atoms with Crippen LogP contribution >= 0.6 is 23.8 Å². The molecule has 0 aliphatic heterocycles. The standard InChI is InChI=1S/C19H24ClN3OS/c1-3-4-5-7-10-14(2)24-19(25)21-16-13-17(20)22-23-18(16)15-11-8-6-9-12-15/h6,8-9,11-14H,3-5,7,10H2,1-2H3,(H,21,22,25). The first-order chi connectivity index (χ1) is 12.1. The Hall–Kier alpha value is -1.72. The quantitative estimate of drug-likeness (QED) is 0.460. The van der Waals surface area contributed by atoms with E-state index in [-0.39, 0.29) is 6.10 Å². The predicted molar refractivity (Wildman–Crippen MR) is 108 cm³/mol. The van der Waals surface area contributed by atoms with Gasteiger partial charge in [0.2, 0.25) is 0 Å². The highest BCUT2D eigenvalue weighted by Gasteiger charge is 2.12. The summed E-state index contributed by atoms with van der Waals surface area (Å²) >= 11 is 11.3. The van der Waals surface area contributed by atoms with Crippen LogP contribution in [-0.2, 0) is 4.74 Å². The number of rotatable bonds is 8. The van der Waals surface area contributed by atoms with Crippen molar-refractivity contribution in [2.24, 2.45) is 0 Å². The molecule has 25 heavy (non-hydrogen) atoms. The number of nitrogens with one attached hydrogen (secondary N) is 1. The van der Waals surface area contributed by atoms with Crippen molar-refractivity contribution in [3.63, 3.8) is 0 Å². The summed E-state index contributed by atoms with van der Waals surface area (Å²) in [5.74, 6) is 0. The molecule has 1 N–H and O–H groups in total. The molecule has 6 heteroatoms. The maximum Gasteiger partial charge on any atom is 0.261 e. The van der Waals surface area contributed by atoms with E-state index in [9.17, 15) is 0 Å². The number of halogens is 1. The van der Waals surface area contributed by atoms with Crippen LogP contribution < -0.4 is 5.32 Å². The number of nitrogens with zero attached hydrogens (tertiary/aromatic N) is 2. The summed E-state index contributed by atoms with van der Waals surface area (Å²) in [7, 11) is 0. The summed E-state index contributed by atoms with van der Waals surface area (Å²) in [6, 6.07) is 11.5. The van der Waals surface area contributed by atoms with Crippen molar-refractivity contribution >= 4 is 34.7 Å². The number of hydrogen-bond donors (Lipinski definition) is 1. The number of aromatic nitrogens is 2. The lowest BCUT2D eigenvalue weighted by Crippen LogP contribution is -2.20. The average Bonchev–Trinajstić information content (AvgIpc) is 2.59. The van der Waals surface area contributed by atoms with Crippen molar-refractivity contribution < 1.29 is 4.74 Å². The maximum atomic E-state index is 5.99. The molecule has 0 fully saturated rings. The van der Waals surface area contributed by atoms with E-state index < -0.39 is 0 Å². The van der Waals surface area contributed by atoms with Gasteiger partial charge >= 0.3 is 0 Å². The lowest BCUT2D eigenvalue weighted by atomic mass is 10.1. The maximum absolute atomic E-state index is 5.99. The van der Waals surface area contributed by atoms with Crippen LogP contribution in [0.2, 0.25) is 5.15 Å². The fraction of sp³-hybridized carbons (Fsp3) is 0.421. The van der Waals surface area contributed by atoms with Gasteiger partial charge in [0, 0.05) is 11.6 Å². The Morgan fingerprint density at radius 2 is 1.96 bits per heavy atom. The van der Waals surface area contributed by atoms with Gasteiger partial charge in [-0.2, -0.15) is 0 Å². The summed E-state index contributed by atoms with van der Waals surface area (Å²) in [5, 5.41) is 11.9. The van der Waals surface area contributed by atoms with E-state index in [2.05, 4.69) is 22.4 Å². The van der Waals surface area contributed by atoms with Crippen molar-refractivity contribution in [3.05, 3.63) is 41.6 Å². The van der Waals surface area contributed by atoms with Gasteiger partial charge in [0.05, 0.1) is 11.8 Å². The van der Waals surface area contributed by atoms with E-state index in [1.807, 2.05) is 37.3 Å². The Kier molecular flexibility index (Phi) is 8.09. The van der Waals surface area contributed by atoms with Gasteiger partial charge in [-0.1, -0.05) is 68.1 Å². The molecule has 0 saturated heterocycles. The Balaban J connectivity index is 1.99. The molecule has 4 nitrogen and oxygen atoms in total. The number of anilines is 1. The lowest BCUT2D eigenvalue weighted by molar-refractivity contribution is 0.198. The largest absolute Gasteiger partial charge is 0.468 e. The minimum atomic E-state index is 0.0716. The molecule has 2 aromatic rings. The monoisotopic (exact) mass is 377 g/mol. The normalized spacial score (nSPS) is 11.8. The first-order valence-electron chi connectivity index (χ1n) is 8.66. The van der Waals surface area contributed by atoms with E-state index in [1.165, 1.54) is 19.3 Å². The molecule has 0 bridgehead atoms. The second-order valence-electron chi connectivity index (χ2n) is 5.99. The summed E-state index contributed by atoms with van der Waals surface area (Å²) in [4.78, 5) is 0. The van der Waals surface area contributed by atoms with E-state index in [4.69, 9.17) is 28.6 Å². The van der Waals surface area contributed by atoms with Crippen molar-refractivity contribution in [3.8, 4) is 11.3 Å². The molecular weight excluding hydrogens is 354 g/mol. The highest BCUT2D eigenvalue weighted by Crippen LogP contribution is 2.27. The molecule has 0 radical (unpaired) electrons. The fourth-order valence-electron chi connectivity index (χ4n) is 2.51. The van der Waals surface area contributed by atoms with Crippen LogP contribution in [0.4, 0.5) is 5.69 Å². The van der Waals surface area contributed by atoms with Gasteiger partial charge in [-0.25, -0.2) is 0 Å². The zero-order valence-electron chi connectivity index (χ0n) is 14.7. The molecule has 1 unspecified atom stereocenters. The molecule has 0 aliphatic carbocycles. The number of ether oxygens (including phenoxy) is 1. The molecule has 1 aromatic heterocycles. The van der Waals surface area contributed by atoms with Gasteiger partial charge < -0.3 is 10.1 Å². The van der Waals surface area contributed by atoms with Crippen LogP contribution in [0.5, 0.6) is 0 Å². The molecule has 0 saturated carbocycles. The van der Waals surface area contributed by atoms with Crippen molar-refractivity contribution in [1.82, 2.24) is 10.2 Å². The van der Waals surface area contributed by atoms with Crippen molar-refractivity contribution in [1.29, 1.82) is 0 Å². The number of thiocarbonyl (C=S) groups is 1. The smallest absolute Gasteiger partial charge is 0.261 e. The molecule has 1 heterocycles. The Morgan fingerprint density at radius 1 is 1.20 bits per heavy atom. The Morgan fingerprint density at radius 3 is 2.68 bits per heavy atom. The first-order valence-corrected chi connectivity index (χ1v) is 9.45. The summed E-state index contributed by atoms with van der Waals surface area (Å²) < 4.78 is 5.79. The predicted octanol–water partition coefficient (Wildman–Crippen LogP) is 5.87. The van der Waals surface area contributed by atoms with E-state index in [1.54, 1.807) is 6.07 Å². The highest BCUT2D eigenvalue weighted by molar-refractivity contribution is 7.80. The fourth-order valence-corrected chi connectivity index (χ4v) is 2.93. The van der Waals surface area contributed by atoms with Crippen LogP contribution in [0, 0.1) is 0 Å². The molecule has 1 atom stereocenters. The van der Waals surface area contributed by atoms with Crippen LogP contribution in [0.25, 0.3) is 11.3 Å². The summed E-state index contributed by atoms with van der Waals surface area (Å²) in [6.45, 7) is 4.24.